The van der Waals surface area contributed by atoms with E-state index in [4.69, 9.17) is 0 Å². The fourth-order valence-corrected chi connectivity index (χ4v) is 2.78. The summed E-state index contributed by atoms with van der Waals surface area (Å²) in [6.45, 7) is 5.19. The van der Waals surface area contributed by atoms with Crippen molar-refractivity contribution in [1.29, 1.82) is 0 Å². The molecular formula is C17H21N5O2. The molecule has 2 aromatic heterocycles. The summed E-state index contributed by atoms with van der Waals surface area (Å²) in [4.78, 5) is 32.6. The van der Waals surface area contributed by atoms with Crippen molar-refractivity contribution in [2.45, 2.75) is 19.9 Å². The van der Waals surface area contributed by atoms with E-state index in [1.165, 1.54) is 16.8 Å². The van der Waals surface area contributed by atoms with Gasteiger partial charge in [-0.2, -0.15) is 5.10 Å². The first-order valence-electron chi connectivity index (χ1n) is 8.22. The molecule has 1 aliphatic heterocycles. The molecular weight excluding hydrogens is 306 g/mol. The highest BCUT2D eigenvalue weighted by molar-refractivity contribution is 5.92. The maximum Gasteiger partial charge on any atom is 0.274 e. The van der Waals surface area contributed by atoms with E-state index in [1.54, 1.807) is 11.1 Å². The molecule has 0 aromatic carbocycles. The molecule has 3 rings (SSSR count). The van der Waals surface area contributed by atoms with E-state index in [9.17, 15) is 9.59 Å². The van der Waals surface area contributed by atoms with Crippen LogP contribution in [-0.4, -0.2) is 51.8 Å². The monoisotopic (exact) mass is 327 g/mol. The van der Waals surface area contributed by atoms with Crippen LogP contribution < -0.4 is 10.5 Å². The number of rotatable bonds is 4. The molecule has 1 aliphatic rings. The van der Waals surface area contributed by atoms with E-state index < -0.39 is 0 Å². The third-order valence-electron chi connectivity index (χ3n) is 4.06. The van der Waals surface area contributed by atoms with Gasteiger partial charge in [-0.25, -0.2) is 9.67 Å². The highest BCUT2D eigenvalue weighted by atomic mass is 16.2. The Balaban J connectivity index is 1.67. The summed E-state index contributed by atoms with van der Waals surface area (Å²) in [6, 6.07) is 8.75. The number of carbonyl (C=O) groups is 1. The number of carbonyl (C=O) groups excluding carboxylic acids is 1. The zero-order valence-electron chi connectivity index (χ0n) is 13.8. The molecule has 0 bridgehead atoms. The Bertz CT molecular complexity index is 751. The van der Waals surface area contributed by atoms with Crippen LogP contribution >= 0.6 is 0 Å². The van der Waals surface area contributed by atoms with E-state index >= 15 is 0 Å². The fraction of sp³-hybridized carbons (Fsp3) is 0.412. The normalized spacial score (nSPS) is 14.7. The van der Waals surface area contributed by atoms with Gasteiger partial charge >= 0.3 is 0 Å². The predicted octanol–water partition coefficient (Wildman–Crippen LogP) is 1.01. The second-order valence-electron chi connectivity index (χ2n) is 5.75. The molecule has 1 fully saturated rings. The van der Waals surface area contributed by atoms with Crippen LogP contribution in [0, 0.1) is 0 Å². The number of anilines is 1. The van der Waals surface area contributed by atoms with E-state index in [0.717, 1.165) is 25.3 Å². The Morgan fingerprint density at radius 3 is 2.58 bits per heavy atom. The van der Waals surface area contributed by atoms with Gasteiger partial charge in [-0.1, -0.05) is 13.0 Å². The number of aryl methyl sites for hydroxylation is 1. The summed E-state index contributed by atoms with van der Waals surface area (Å²) in [5.41, 5.74) is 0.155. The minimum atomic E-state index is -0.173. The van der Waals surface area contributed by atoms with Gasteiger partial charge in [0.15, 0.2) is 0 Å². The summed E-state index contributed by atoms with van der Waals surface area (Å²) in [5.74, 6) is 0.805. The van der Waals surface area contributed by atoms with Crippen LogP contribution in [0.15, 0.2) is 41.3 Å². The lowest BCUT2D eigenvalue weighted by atomic mass is 10.2. The fourth-order valence-electron chi connectivity index (χ4n) is 2.78. The number of hydrogen-bond donors (Lipinski definition) is 0. The molecule has 0 saturated carbocycles. The number of pyridine rings is 1. The lowest BCUT2D eigenvalue weighted by Crippen LogP contribution is -2.49. The third-order valence-corrected chi connectivity index (χ3v) is 4.06. The summed E-state index contributed by atoms with van der Waals surface area (Å²) >= 11 is 0. The Labute approximate surface area is 140 Å². The van der Waals surface area contributed by atoms with Crippen molar-refractivity contribution in [3.8, 4) is 0 Å². The second-order valence-corrected chi connectivity index (χ2v) is 5.75. The minimum absolute atomic E-state index is 0.125. The Morgan fingerprint density at radius 2 is 1.92 bits per heavy atom. The lowest BCUT2D eigenvalue weighted by molar-refractivity contribution is 0.0737. The number of nitrogens with zero attached hydrogens (tertiary/aromatic N) is 5. The van der Waals surface area contributed by atoms with Crippen molar-refractivity contribution in [3.05, 3.63) is 52.6 Å². The van der Waals surface area contributed by atoms with Crippen LogP contribution in [0.2, 0.25) is 0 Å². The molecule has 7 heteroatoms. The largest absolute Gasteiger partial charge is 0.353 e. The summed E-state index contributed by atoms with van der Waals surface area (Å²) in [7, 11) is 0. The summed E-state index contributed by atoms with van der Waals surface area (Å²) in [6.07, 6.45) is 2.57. The smallest absolute Gasteiger partial charge is 0.274 e. The standard InChI is InChI=1S/C17H21N5O2/c1-2-9-22-16(23)7-6-14(19-22)17(24)21-12-10-20(11-13-21)15-5-3-4-8-18-15/h3-8H,2,9-13H2,1H3. The molecule has 1 amide bonds. The van der Waals surface area contributed by atoms with Crippen LogP contribution in [0.4, 0.5) is 5.82 Å². The van der Waals surface area contributed by atoms with E-state index in [1.807, 2.05) is 25.1 Å². The van der Waals surface area contributed by atoms with Crippen LogP contribution in [0.3, 0.4) is 0 Å². The van der Waals surface area contributed by atoms with Crippen molar-refractivity contribution in [1.82, 2.24) is 19.7 Å². The van der Waals surface area contributed by atoms with Gasteiger partial charge in [0.05, 0.1) is 0 Å². The van der Waals surface area contributed by atoms with Crippen molar-refractivity contribution < 1.29 is 4.79 Å². The molecule has 0 atom stereocenters. The number of amides is 1. The molecule has 0 aliphatic carbocycles. The van der Waals surface area contributed by atoms with E-state index in [2.05, 4.69) is 15.0 Å². The molecule has 0 spiro atoms. The van der Waals surface area contributed by atoms with Gasteiger partial charge < -0.3 is 9.80 Å². The van der Waals surface area contributed by atoms with Gasteiger partial charge in [-0.15, -0.1) is 0 Å². The molecule has 1 saturated heterocycles. The zero-order chi connectivity index (χ0) is 16.9. The highest BCUT2D eigenvalue weighted by Gasteiger charge is 2.24. The molecule has 2 aromatic rings. The third kappa shape index (κ3) is 3.45. The average Bonchev–Trinajstić information content (AvgIpc) is 2.64. The first-order chi connectivity index (χ1) is 11.7. The topological polar surface area (TPSA) is 71.3 Å². The van der Waals surface area contributed by atoms with Gasteiger partial charge in [0, 0.05) is 45.0 Å². The zero-order valence-corrected chi connectivity index (χ0v) is 13.8. The maximum atomic E-state index is 12.6. The Kier molecular flexibility index (Phi) is 4.88. The van der Waals surface area contributed by atoms with Gasteiger partial charge in [-0.3, -0.25) is 9.59 Å². The van der Waals surface area contributed by atoms with E-state index in [-0.39, 0.29) is 11.5 Å². The first kappa shape index (κ1) is 16.2. The van der Waals surface area contributed by atoms with Gasteiger partial charge in [-0.05, 0) is 24.6 Å². The number of hydrogen-bond acceptors (Lipinski definition) is 5. The average molecular weight is 327 g/mol. The first-order valence-corrected chi connectivity index (χ1v) is 8.22. The van der Waals surface area contributed by atoms with Crippen molar-refractivity contribution in [2.75, 3.05) is 31.1 Å². The molecule has 0 N–H and O–H groups in total. The Morgan fingerprint density at radius 1 is 1.12 bits per heavy atom. The van der Waals surface area contributed by atoms with Crippen LogP contribution in [0.25, 0.3) is 0 Å². The van der Waals surface area contributed by atoms with Crippen LogP contribution in [0.1, 0.15) is 23.8 Å². The van der Waals surface area contributed by atoms with Crippen molar-refractivity contribution in [3.63, 3.8) is 0 Å². The van der Waals surface area contributed by atoms with Crippen molar-refractivity contribution in [2.24, 2.45) is 0 Å². The maximum absolute atomic E-state index is 12.6. The minimum Gasteiger partial charge on any atom is -0.353 e. The SMILES string of the molecule is CCCn1nc(C(=O)N2CCN(c3ccccn3)CC2)ccc1=O. The van der Waals surface area contributed by atoms with Crippen LogP contribution in [0.5, 0.6) is 0 Å². The predicted molar refractivity (Wildman–Crippen MR) is 91.1 cm³/mol. The van der Waals surface area contributed by atoms with Crippen LogP contribution in [-0.2, 0) is 6.54 Å². The number of piperazine rings is 1. The molecule has 7 nitrogen and oxygen atoms in total. The molecule has 0 radical (unpaired) electrons. The van der Waals surface area contributed by atoms with Crippen molar-refractivity contribution >= 4 is 11.7 Å². The Hall–Kier alpha value is -2.70. The van der Waals surface area contributed by atoms with Gasteiger partial charge in [0.25, 0.3) is 11.5 Å². The highest BCUT2D eigenvalue weighted by Crippen LogP contribution is 2.13. The van der Waals surface area contributed by atoms with Gasteiger partial charge in [0.1, 0.15) is 11.5 Å². The van der Waals surface area contributed by atoms with E-state index in [0.29, 0.717) is 25.3 Å². The second kappa shape index (κ2) is 7.25. The molecule has 3 heterocycles. The summed E-state index contributed by atoms with van der Waals surface area (Å²) in [5, 5.41) is 4.20. The molecule has 24 heavy (non-hydrogen) atoms. The summed E-state index contributed by atoms with van der Waals surface area (Å²) < 4.78 is 1.36. The quantitative estimate of drug-likeness (QED) is 0.838. The lowest BCUT2D eigenvalue weighted by Gasteiger charge is -2.35. The van der Waals surface area contributed by atoms with Gasteiger partial charge in [0.2, 0.25) is 0 Å². The molecule has 126 valence electrons. The number of aromatic nitrogens is 3. The molecule has 0 unspecified atom stereocenters.